The van der Waals surface area contributed by atoms with Crippen molar-refractivity contribution in [3.63, 3.8) is 0 Å². The molecule has 0 bridgehead atoms. The van der Waals surface area contributed by atoms with Gasteiger partial charge >= 0.3 is 5.97 Å². The van der Waals surface area contributed by atoms with Gasteiger partial charge < -0.3 is 5.11 Å². The Labute approximate surface area is 141 Å². The number of nitrogens with one attached hydrogen (secondary N) is 1. The van der Waals surface area contributed by atoms with Crippen molar-refractivity contribution in [3.05, 3.63) is 57.0 Å². The Hall–Kier alpha value is -1.47. The molecule has 2 rings (SSSR count). The molecule has 2 N–H and O–H groups in total. The Morgan fingerprint density at radius 1 is 1.05 bits per heavy atom. The van der Waals surface area contributed by atoms with E-state index in [-0.39, 0.29) is 26.3 Å². The van der Waals surface area contributed by atoms with Gasteiger partial charge in [0.2, 0.25) is 0 Å². The minimum absolute atomic E-state index is 0.136. The highest BCUT2D eigenvalue weighted by molar-refractivity contribution is 7.92. The standard InChI is InChI=1S/C13H8Cl3NO4S/c14-8-3-1-2-4-10(8)17-22(20,21)11-6-7(13(18)19)5-9(15)12(11)16/h1-6,17H,(H,18,19). The van der Waals surface area contributed by atoms with Gasteiger partial charge in [-0.3, -0.25) is 4.72 Å². The quantitative estimate of drug-likeness (QED) is 0.835. The molecule has 0 spiro atoms. The molecular formula is C13H8Cl3NO4S. The van der Waals surface area contributed by atoms with E-state index in [2.05, 4.69) is 4.72 Å². The lowest BCUT2D eigenvalue weighted by Crippen LogP contribution is -2.15. The van der Waals surface area contributed by atoms with Crippen molar-refractivity contribution in [2.24, 2.45) is 0 Å². The van der Waals surface area contributed by atoms with Gasteiger partial charge in [0.15, 0.2) is 0 Å². The van der Waals surface area contributed by atoms with E-state index in [9.17, 15) is 13.2 Å². The van der Waals surface area contributed by atoms with Gasteiger partial charge in [-0.1, -0.05) is 46.9 Å². The molecule has 0 saturated carbocycles. The fourth-order valence-electron chi connectivity index (χ4n) is 1.63. The summed E-state index contributed by atoms with van der Waals surface area (Å²) in [5.41, 5.74) is -0.161. The molecule has 9 heteroatoms. The van der Waals surface area contributed by atoms with Crippen molar-refractivity contribution in [1.29, 1.82) is 0 Å². The van der Waals surface area contributed by atoms with Crippen LogP contribution in [0, 0.1) is 0 Å². The lowest BCUT2D eigenvalue weighted by atomic mass is 10.2. The molecule has 0 heterocycles. The molecule has 0 atom stereocenters. The smallest absolute Gasteiger partial charge is 0.335 e. The van der Waals surface area contributed by atoms with Crippen molar-refractivity contribution in [1.82, 2.24) is 0 Å². The van der Waals surface area contributed by atoms with Gasteiger partial charge in [-0.2, -0.15) is 0 Å². The predicted molar refractivity (Wildman–Crippen MR) is 85.7 cm³/mol. The number of benzene rings is 2. The molecule has 2 aromatic carbocycles. The number of sulfonamides is 1. The van der Waals surface area contributed by atoms with Crippen molar-refractivity contribution in [2.75, 3.05) is 4.72 Å². The average Bonchev–Trinajstić information content (AvgIpc) is 2.43. The Bertz CT molecular complexity index is 852. The molecular weight excluding hydrogens is 373 g/mol. The summed E-state index contributed by atoms with van der Waals surface area (Å²) in [6.45, 7) is 0. The third-order valence-corrected chi connectivity index (χ3v) is 5.28. The van der Waals surface area contributed by atoms with E-state index >= 15 is 0 Å². The van der Waals surface area contributed by atoms with Gasteiger partial charge in [0.1, 0.15) is 4.90 Å². The van der Waals surface area contributed by atoms with Crippen LogP contribution in [-0.2, 0) is 10.0 Å². The SMILES string of the molecule is O=C(O)c1cc(Cl)c(Cl)c(S(=O)(=O)Nc2ccccc2Cl)c1. The molecule has 0 aliphatic carbocycles. The Balaban J connectivity index is 2.54. The molecule has 5 nitrogen and oxygen atoms in total. The van der Waals surface area contributed by atoms with E-state index in [1.807, 2.05) is 0 Å². The first kappa shape index (κ1) is 16.9. The van der Waals surface area contributed by atoms with Crippen LogP contribution < -0.4 is 4.72 Å². The van der Waals surface area contributed by atoms with Crippen LogP contribution in [0.25, 0.3) is 0 Å². The van der Waals surface area contributed by atoms with E-state index in [1.54, 1.807) is 12.1 Å². The number of anilines is 1. The monoisotopic (exact) mass is 379 g/mol. The Morgan fingerprint density at radius 3 is 2.27 bits per heavy atom. The van der Waals surface area contributed by atoms with Gasteiger partial charge in [-0.15, -0.1) is 0 Å². The fraction of sp³-hybridized carbons (Fsp3) is 0. The topological polar surface area (TPSA) is 83.5 Å². The zero-order chi connectivity index (χ0) is 16.5. The van der Waals surface area contributed by atoms with Crippen LogP contribution in [0.4, 0.5) is 5.69 Å². The van der Waals surface area contributed by atoms with E-state index in [0.717, 1.165) is 12.1 Å². The summed E-state index contributed by atoms with van der Waals surface area (Å²) < 4.78 is 27.0. The summed E-state index contributed by atoms with van der Waals surface area (Å²) in [5, 5.41) is 8.72. The van der Waals surface area contributed by atoms with Gasteiger partial charge in [-0.05, 0) is 24.3 Å². The zero-order valence-electron chi connectivity index (χ0n) is 10.7. The number of para-hydroxylation sites is 1. The van der Waals surface area contributed by atoms with Crippen LogP contribution in [0.2, 0.25) is 15.1 Å². The number of carbonyl (C=O) groups is 1. The largest absolute Gasteiger partial charge is 0.478 e. The van der Waals surface area contributed by atoms with Crippen LogP contribution in [0.5, 0.6) is 0 Å². The van der Waals surface area contributed by atoms with Crippen molar-refractivity contribution >= 4 is 56.5 Å². The average molecular weight is 381 g/mol. The highest BCUT2D eigenvalue weighted by Crippen LogP contribution is 2.33. The third-order valence-electron chi connectivity index (χ3n) is 2.65. The zero-order valence-corrected chi connectivity index (χ0v) is 13.8. The summed E-state index contributed by atoms with van der Waals surface area (Å²) >= 11 is 17.6. The van der Waals surface area contributed by atoms with E-state index in [0.29, 0.717) is 0 Å². The second kappa shape index (κ2) is 6.34. The van der Waals surface area contributed by atoms with Crippen molar-refractivity contribution < 1.29 is 18.3 Å². The van der Waals surface area contributed by atoms with E-state index in [1.165, 1.54) is 12.1 Å². The van der Waals surface area contributed by atoms with Crippen LogP contribution >= 0.6 is 34.8 Å². The number of carboxylic acid groups (broad SMARTS) is 1. The molecule has 0 saturated heterocycles. The maximum absolute atomic E-state index is 12.4. The first-order valence-electron chi connectivity index (χ1n) is 5.72. The second-order valence-corrected chi connectivity index (χ2v) is 7.00. The van der Waals surface area contributed by atoms with Crippen LogP contribution in [0.15, 0.2) is 41.3 Å². The van der Waals surface area contributed by atoms with Crippen LogP contribution in [0.3, 0.4) is 0 Å². The third kappa shape index (κ3) is 3.47. The molecule has 0 radical (unpaired) electrons. The van der Waals surface area contributed by atoms with Gasteiger partial charge in [0.05, 0.1) is 26.3 Å². The lowest BCUT2D eigenvalue weighted by Gasteiger charge is -2.12. The fourth-order valence-corrected chi connectivity index (χ4v) is 3.76. The molecule has 22 heavy (non-hydrogen) atoms. The van der Waals surface area contributed by atoms with E-state index in [4.69, 9.17) is 39.9 Å². The molecule has 0 aliphatic rings. The van der Waals surface area contributed by atoms with Crippen LogP contribution in [-0.4, -0.2) is 19.5 Å². The molecule has 0 aromatic heterocycles. The molecule has 0 unspecified atom stereocenters. The summed E-state index contributed by atoms with van der Waals surface area (Å²) in [6.07, 6.45) is 0. The first-order valence-corrected chi connectivity index (χ1v) is 8.34. The summed E-state index contributed by atoms with van der Waals surface area (Å²) in [7, 11) is -4.16. The maximum atomic E-state index is 12.4. The van der Waals surface area contributed by atoms with Crippen LogP contribution in [0.1, 0.15) is 10.4 Å². The number of carboxylic acids is 1. The minimum atomic E-state index is -4.16. The maximum Gasteiger partial charge on any atom is 0.335 e. The highest BCUT2D eigenvalue weighted by Gasteiger charge is 2.23. The van der Waals surface area contributed by atoms with Gasteiger partial charge in [0.25, 0.3) is 10.0 Å². The van der Waals surface area contributed by atoms with Crippen molar-refractivity contribution in [3.8, 4) is 0 Å². The number of hydrogen-bond acceptors (Lipinski definition) is 3. The van der Waals surface area contributed by atoms with Gasteiger partial charge in [-0.25, -0.2) is 13.2 Å². The minimum Gasteiger partial charge on any atom is -0.478 e. The molecule has 116 valence electrons. The predicted octanol–water partition coefficient (Wildman–Crippen LogP) is 4.15. The summed E-state index contributed by atoms with van der Waals surface area (Å²) in [5.74, 6) is -1.33. The summed E-state index contributed by atoms with van der Waals surface area (Å²) in [4.78, 5) is 10.6. The Kier molecular flexibility index (Phi) is 4.87. The number of hydrogen-bond donors (Lipinski definition) is 2. The van der Waals surface area contributed by atoms with Crippen molar-refractivity contribution in [2.45, 2.75) is 4.90 Å². The van der Waals surface area contributed by atoms with Gasteiger partial charge in [0, 0.05) is 0 Å². The van der Waals surface area contributed by atoms with E-state index < -0.39 is 20.9 Å². The number of rotatable bonds is 4. The molecule has 0 aliphatic heterocycles. The number of aromatic carboxylic acids is 1. The Morgan fingerprint density at radius 2 is 1.68 bits per heavy atom. The number of halogens is 3. The molecule has 0 fully saturated rings. The normalized spacial score (nSPS) is 11.2. The summed E-state index contributed by atoms with van der Waals surface area (Å²) in [6, 6.07) is 8.18. The molecule has 2 aromatic rings. The highest BCUT2D eigenvalue weighted by atomic mass is 35.5. The molecule has 0 amide bonds. The lowest BCUT2D eigenvalue weighted by molar-refractivity contribution is 0.0696. The first-order chi connectivity index (χ1) is 10.2. The second-order valence-electron chi connectivity index (χ2n) is 4.16.